The van der Waals surface area contributed by atoms with E-state index < -0.39 is 0 Å². The molecule has 0 aliphatic rings. The number of rotatable bonds is 5. The van der Waals surface area contributed by atoms with Gasteiger partial charge >= 0.3 is 0 Å². The van der Waals surface area contributed by atoms with Gasteiger partial charge in [0.05, 0.1) is 11.2 Å². The van der Waals surface area contributed by atoms with E-state index in [1.165, 1.54) is 0 Å². The van der Waals surface area contributed by atoms with Crippen molar-refractivity contribution < 1.29 is 4.74 Å². The lowest BCUT2D eigenvalue weighted by molar-refractivity contribution is -0.144. The number of hydrogen-bond donors (Lipinski definition) is 1. The lowest BCUT2D eigenvalue weighted by Crippen LogP contribution is -2.46. The van der Waals surface area contributed by atoms with Gasteiger partial charge < -0.3 is 10.5 Å². The first-order valence-corrected chi connectivity index (χ1v) is 6.61. The van der Waals surface area contributed by atoms with Crippen molar-refractivity contribution in [1.82, 2.24) is 0 Å². The van der Waals surface area contributed by atoms with E-state index in [9.17, 15) is 0 Å². The maximum Gasteiger partial charge on any atom is 0.0651 e. The van der Waals surface area contributed by atoms with Crippen LogP contribution >= 0.6 is 0 Å². The second kappa shape index (κ2) is 4.89. The van der Waals surface area contributed by atoms with Crippen LogP contribution in [0.4, 0.5) is 0 Å². The number of hydrogen-bond acceptors (Lipinski definition) is 2. The molecule has 0 aromatic rings. The molecule has 2 N–H and O–H groups in total. The summed E-state index contributed by atoms with van der Waals surface area (Å²) in [5, 5.41) is 0. The van der Waals surface area contributed by atoms with Gasteiger partial charge in [0.1, 0.15) is 0 Å². The van der Waals surface area contributed by atoms with Crippen molar-refractivity contribution in [3.05, 3.63) is 0 Å². The van der Waals surface area contributed by atoms with Gasteiger partial charge in [0, 0.05) is 5.54 Å². The largest absolute Gasteiger partial charge is 0.370 e. The van der Waals surface area contributed by atoms with Crippen LogP contribution in [0.15, 0.2) is 0 Å². The smallest absolute Gasteiger partial charge is 0.0651 e. The van der Waals surface area contributed by atoms with Crippen molar-refractivity contribution in [2.24, 2.45) is 11.1 Å². The Bertz CT molecular complexity index is 215. The van der Waals surface area contributed by atoms with Crippen LogP contribution in [0.1, 0.15) is 75.2 Å². The van der Waals surface area contributed by atoms with Crippen LogP contribution in [0.25, 0.3) is 0 Å². The molecular weight excluding hydrogens is 210 g/mol. The summed E-state index contributed by atoms with van der Waals surface area (Å²) in [6.07, 6.45) is 1.89. The monoisotopic (exact) mass is 243 g/mol. The highest BCUT2D eigenvalue weighted by Crippen LogP contribution is 2.34. The normalized spacial score (nSPS) is 15.2. The molecule has 0 aliphatic carbocycles. The average Bonchev–Trinajstić information content (AvgIpc) is 1.65. The molecular formula is C15H33NO. The summed E-state index contributed by atoms with van der Waals surface area (Å²) in [7, 11) is 0. The summed E-state index contributed by atoms with van der Waals surface area (Å²) in [6, 6.07) is 0. The minimum absolute atomic E-state index is 0.118. The van der Waals surface area contributed by atoms with E-state index in [1.54, 1.807) is 0 Å². The van der Waals surface area contributed by atoms with Crippen LogP contribution < -0.4 is 5.73 Å². The summed E-state index contributed by atoms with van der Waals surface area (Å²) in [6.45, 7) is 19.4. The Morgan fingerprint density at radius 1 is 0.706 bits per heavy atom. The predicted molar refractivity (Wildman–Crippen MR) is 76.2 cm³/mol. The Hall–Kier alpha value is -0.0800. The third-order valence-corrected chi connectivity index (χ3v) is 2.39. The van der Waals surface area contributed by atoms with Gasteiger partial charge in [-0.05, 0) is 59.8 Å². The Balaban J connectivity index is 4.59. The van der Waals surface area contributed by atoms with Crippen molar-refractivity contribution in [3.63, 3.8) is 0 Å². The second-order valence-electron chi connectivity index (χ2n) is 8.52. The van der Waals surface area contributed by atoms with Crippen molar-refractivity contribution >= 4 is 0 Å². The highest BCUT2D eigenvalue weighted by atomic mass is 16.5. The lowest BCUT2D eigenvalue weighted by Gasteiger charge is -2.42. The van der Waals surface area contributed by atoms with Gasteiger partial charge in [-0.1, -0.05) is 20.8 Å². The molecule has 0 aromatic carbocycles. The van der Waals surface area contributed by atoms with E-state index in [-0.39, 0.29) is 22.2 Å². The summed E-state index contributed by atoms with van der Waals surface area (Å²) >= 11 is 0. The van der Waals surface area contributed by atoms with Gasteiger partial charge in [-0.2, -0.15) is 0 Å². The third kappa shape index (κ3) is 9.61. The molecule has 2 nitrogen and oxygen atoms in total. The van der Waals surface area contributed by atoms with Crippen molar-refractivity contribution in [1.29, 1.82) is 0 Å². The minimum atomic E-state index is -0.193. The zero-order chi connectivity index (χ0) is 14.1. The summed E-state index contributed by atoms with van der Waals surface area (Å²) in [5.74, 6) is 0. The Kier molecular flexibility index (Phi) is 4.87. The van der Waals surface area contributed by atoms with Crippen LogP contribution in [0, 0.1) is 5.41 Å². The van der Waals surface area contributed by atoms with Crippen molar-refractivity contribution in [2.75, 3.05) is 0 Å². The van der Waals surface area contributed by atoms with Crippen LogP contribution in [-0.4, -0.2) is 16.7 Å². The second-order valence-corrected chi connectivity index (χ2v) is 8.52. The van der Waals surface area contributed by atoms with Crippen LogP contribution in [0.5, 0.6) is 0 Å². The average molecular weight is 243 g/mol. The Labute approximate surface area is 108 Å². The van der Waals surface area contributed by atoms with E-state index >= 15 is 0 Å². The first-order chi connectivity index (χ1) is 7.12. The van der Waals surface area contributed by atoms with E-state index in [0.717, 1.165) is 12.8 Å². The molecule has 0 aliphatic heterocycles. The molecule has 0 radical (unpaired) electrons. The Morgan fingerprint density at radius 2 is 1.06 bits per heavy atom. The van der Waals surface area contributed by atoms with Gasteiger partial charge in [0.15, 0.2) is 0 Å². The maximum absolute atomic E-state index is 6.30. The Morgan fingerprint density at radius 3 is 1.35 bits per heavy atom. The number of ether oxygens (including phenoxy) is 1. The lowest BCUT2D eigenvalue weighted by atomic mass is 9.82. The summed E-state index contributed by atoms with van der Waals surface area (Å²) < 4.78 is 6.30. The van der Waals surface area contributed by atoms with Gasteiger partial charge in [-0.3, -0.25) is 0 Å². The molecule has 0 unspecified atom stereocenters. The standard InChI is InChI=1S/C15H33NO/c1-12(2,3)10-14(6,7)17-15(8,9)11-13(4,5)16/h10-11,16H2,1-9H3. The molecule has 0 aromatic heterocycles. The van der Waals surface area contributed by atoms with E-state index in [0.29, 0.717) is 0 Å². The SMILES string of the molecule is CC(C)(C)CC(C)(C)OC(C)(C)CC(C)(C)N. The van der Waals surface area contributed by atoms with E-state index in [2.05, 4.69) is 62.3 Å². The zero-order valence-corrected chi connectivity index (χ0v) is 13.4. The van der Waals surface area contributed by atoms with Gasteiger partial charge in [-0.25, -0.2) is 0 Å². The first-order valence-electron chi connectivity index (χ1n) is 6.61. The fourth-order valence-corrected chi connectivity index (χ4v) is 3.19. The maximum atomic E-state index is 6.30. The van der Waals surface area contributed by atoms with Gasteiger partial charge in [-0.15, -0.1) is 0 Å². The third-order valence-electron chi connectivity index (χ3n) is 2.39. The molecule has 0 heterocycles. The van der Waals surface area contributed by atoms with E-state index in [4.69, 9.17) is 10.5 Å². The molecule has 0 fully saturated rings. The molecule has 0 saturated carbocycles. The van der Waals surface area contributed by atoms with Crippen LogP contribution in [0.2, 0.25) is 0 Å². The molecule has 0 spiro atoms. The molecule has 2 heteroatoms. The summed E-state index contributed by atoms with van der Waals surface area (Å²) in [5.41, 5.74) is 5.86. The fourth-order valence-electron chi connectivity index (χ4n) is 3.19. The first kappa shape index (κ1) is 16.9. The molecule has 0 amide bonds. The molecule has 0 atom stereocenters. The predicted octanol–water partition coefficient (Wildman–Crippen LogP) is 4.12. The minimum Gasteiger partial charge on any atom is -0.370 e. The topological polar surface area (TPSA) is 35.2 Å². The number of nitrogens with two attached hydrogens (primary N) is 1. The molecule has 0 saturated heterocycles. The van der Waals surface area contributed by atoms with Gasteiger partial charge in [0.2, 0.25) is 0 Å². The zero-order valence-electron chi connectivity index (χ0n) is 13.4. The van der Waals surface area contributed by atoms with Crippen molar-refractivity contribution in [2.45, 2.75) is 91.9 Å². The molecule has 17 heavy (non-hydrogen) atoms. The van der Waals surface area contributed by atoms with Gasteiger partial charge in [0.25, 0.3) is 0 Å². The summed E-state index contributed by atoms with van der Waals surface area (Å²) in [4.78, 5) is 0. The fraction of sp³-hybridized carbons (Fsp3) is 1.00. The van der Waals surface area contributed by atoms with Crippen LogP contribution in [0.3, 0.4) is 0 Å². The van der Waals surface area contributed by atoms with E-state index in [1.807, 2.05) is 0 Å². The van der Waals surface area contributed by atoms with Crippen molar-refractivity contribution in [3.8, 4) is 0 Å². The quantitative estimate of drug-likeness (QED) is 0.788. The highest BCUT2D eigenvalue weighted by molar-refractivity contribution is 4.87. The molecule has 0 bridgehead atoms. The van der Waals surface area contributed by atoms with Crippen LogP contribution in [-0.2, 0) is 4.74 Å². The molecule has 104 valence electrons. The molecule has 0 rings (SSSR count). The highest BCUT2D eigenvalue weighted by Gasteiger charge is 2.35.